The Balaban J connectivity index is 1.59. The number of methoxy groups -OCH3 is 1. The Morgan fingerprint density at radius 1 is 1.15 bits per heavy atom. The molecule has 1 N–H and O–H groups in total. The number of rotatable bonds is 7. The van der Waals surface area contributed by atoms with Crippen LogP contribution in [0.2, 0.25) is 0 Å². The zero-order chi connectivity index (χ0) is 19.2. The van der Waals surface area contributed by atoms with Crippen LogP contribution < -0.4 is 10.1 Å². The van der Waals surface area contributed by atoms with Crippen molar-refractivity contribution in [3.8, 4) is 5.75 Å². The number of nitrogens with one attached hydrogen (secondary N) is 1. The highest BCUT2D eigenvalue weighted by atomic mass is 19.1. The van der Waals surface area contributed by atoms with Crippen molar-refractivity contribution in [3.05, 3.63) is 83.2 Å². The molecule has 5 nitrogen and oxygen atoms in total. The van der Waals surface area contributed by atoms with Gasteiger partial charge in [0.25, 0.3) is 5.91 Å². The van der Waals surface area contributed by atoms with Crippen LogP contribution in [0.5, 0.6) is 5.75 Å². The molecular formula is C21H22FN3O2. The number of benzene rings is 2. The third-order valence-electron chi connectivity index (χ3n) is 4.38. The molecule has 0 atom stereocenters. The Morgan fingerprint density at radius 2 is 1.85 bits per heavy atom. The zero-order valence-electron chi connectivity index (χ0n) is 15.4. The monoisotopic (exact) mass is 367 g/mol. The van der Waals surface area contributed by atoms with Gasteiger partial charge >= 0.3 is 0 Å². The van der Waals surface area contributed by atoms with E-state index < -0.39 is 0 Å². The number of halogens is 1. The lowest BCUT2D eigenvalue weighted by Gasteiger charge is -2.11. The normalized spacial score (nSPS) is 10.6. The van der Waals surface area contributed by atoms with Crippen molar-refractivity contribution < 1.29 is 13.9 Å². The number of carbonyl (C=O) groups excluding carboxylic acids is 1. The summed E-state index contributed by atoms with van der Waals surface area (Å²) in [5.41, 5.74) is 2.61. The van der Waals surface area contributed by atoms with E-state index in [0.29, 0.717) is 30.8 Å². The Bertz CT molecular complexity index is 902. The van der Waals surface area contributed by atoms with E-state index in [9.17, 15) is 9.18 Å². The van der Waals surface area contributed by atoms with Crippen LogP contribution in [0.3, 0.4) is 0 Å². The lowest BCUT2D eigenvalue weighted by Crippen LogP contribution is -2.26. The first-order chi connectivity index (χ1) is 13.1. The van der Waals surface area contributed by atoms with Gasteiger partial charge < -0.3 is 14.6 Å². The van der Waals surface area contributed by atoms with E-state index in [1.165, 1.54) is 12.1 Å². The minimum absolute atomic E-state index is 0.133. The molecule has 3 rings (SSSR count). The summed E-state index contributed by atoms with van der Waals surface area (Å²) in [6, 6.07) is 13.4. The molecule has 0 spiro atoms. The molecule has 0 fully saturated rings. The fraction of sp³-hybridized carbons (Fsp3) is 0.238. The van der Waals surface area contributed by atoms with E-state index in [4.69, 9.17) is 4.74 Å². The summed E-state index contributed by atoms with van der Waals surface area (Å²) in [6.07, 6.45) is 2.42. The second-order valence-electron chi connectivity index (χ2n) is 6.26. The molecule has 0 unspecified atom stereocenters. The first-order valence-corrected chi connectivity index (χ1v) is 8.74. The number of ether oxygens (including phenoxy) is 1. The van der Waals surface area contributed by atoms with Crippen LogP contribution in [-0.2, 0) is 13.0 Å². The number of aryl methyl sites for hydroxylation is 1. The fourth-order valence-electron chi connectivity index (χ4n) is 2.83. The first kappa shape index (κ1) is 18.6. The van der Waals surface area contributed by atoms with Gasteiger partial charge in [-0.2, -0.15) is 0 Å². The van der Waals surface area contributed by atoms with Gasteiger partial charge in [0.2, 0.25) is 0 Å². The van der Waals surface area contributed by atoms with Crippen molar-refractivity contribution in [2.75, 3.05) is 13.7 Å². The molecule has 0 aliphatic carbocycles. The molecule has 0 saturated carbocycles. The molecule has 3 aromatic rings. The van der Waals surface area contributed by atoms with E-state index in [2.05, 4.69) is 14.9 Å². The summed E-state index contributed by atoms with van der Waals surface area (Å²) in [7, 11) is 1.59. The maximum absolute atomic E-state index is 13.1. The molecule has 0 saturated heterocycles. The van der Waals surface area contributed by atoms with Crippen LogP contribution in [0.25, 0.3) is 0 Å². The Labute approximate surface area is 157 Å². The van der Waals surface area contributed by atoms with Gasteiger partial charge in [-0.1, -0.05) is 12.1 Å². The van der Waals surface area contributed by atoms with Crippen molar-refractivity contribution in [2.24, 2.45) is 0 Å². The minimum Gasteiger partial charge on any atom is -0.497 e. The number of amides is 1. The number of nitrogens with zero attached hydrogens (tertiary/aromatic N) is 2. The highest BCUT2D eigenvalue weighted by molar-refractivity contribution is 5.94. The van der Waals surface area contributed by atoms with Crippen LogP contribution in [0, 0.1) is 12.7 Å². The van der Waals surface area contributed by atoms with E-state index in [1.807, 2.05) is 13.1 Å². The zero-order valence-corrected chi connectivity index (χ0v) is 15.4. The molecule has 6 heteroatoms. The summed E-state index contributed by atoms with van der Waals surface area (Å²) in [6.45, 7) is 3.08. The second-order valence-corrected chi connectivity index (χ2v) is 6.26. The maximum atomic E-state index is 13.1. The van der Waals surface area contributed by atoms with Crippen LogP contribution in [0.15, 0.2) is 54.7 Å². The summed E-state index contributed by atoms with van der Waals surface area (Å²) in [5, 5.41) is 2.91. The standard InChI is InChI=1S/C21H22FN3O2/c1-15-13-24-20(25(15)14-16-3-7-18(22)8-4-16)11-12-23-21(26)17-5-9-19(27-2)10-6-17/h3-10,13H,11-12,14H2,1-2H3,(H,23,26). The molecule has 1 heterocycles. The predicted molar refractivity (Wildman–Crippen MR) is 101 cm³/mol. The average molecular weight is 367 g/mol. The van der Waals surface area contributed by atoms with Gasteiger partial charge in [0, 0.05) is 37.0 Å². The molecule has 27 heavy (non-hydrogen) atoms. The van der Waals surface area contributed by atoms with Crippen LogP contribution in [0.1, 0.15) is 27.4 Å². The van der Waals surface area contributed by atoms with Crippen LogP contribution >= 0.6 is 0 Å². The molecular weight excluding hydrogens is 345 g/mol. The summed E-state index contributed by atoms with van der Waals surface area (Å²) in [4.78, 5) is 16.7. The Kier molecular flexibility index (Phi) is 5.86. The summed E-state index contributed by atoms with van der Waals surface area (Å²) in [5.74, 6) is 1.21. The van der Waals surface area contributed by atoms with Crippen molar-refractivity contribution in [2.45, 2.75) is 19.9 Å². The van der Waals surface area contributed by atoms with Gasteiger partial charge in [0.1, 0.15) is 17.4 Å². The van der Waals surface area contributed by atoms with Gasteiger partial charge in [0.05, 0.1) is 7.11 Å². The highest BCUT2D eigenvalue weighted by Gasteiger charge is 2.10. The summed E-state index contributed by atoms with van der Waals surface area (Å²) < 4.78 is 20.3. The van der Waals surface area contributed by atoms with Gasteiger partial charge in [-0.05, 0) is 48.9 Å². The van der Waals surface area contributed by atoms with Crippen molar-refractivity contribution in [3.63, 3.8) is 0 Å². The number of hydrogen-bond acceptors (Lipinski definition) is 3. The van der Waals surface area contributed by atoms with E-state index in [0.717, 1.165) is 17.1 Å². The van der Waals surface area contributed by atoms with Crippen molar-refractivity contribution in [1.29, 1.82) is 0 Å². The van der Waals surface area contributed by atoms with E-state index in [1.54, 1.807) is 43.5 Å². The Morgan fingerprint density at radius 3 is 2.52 bits per heavy atom. The quantitative estimate of drug-likeness (QED) is 0.697. The number of aromatic nitrogens is 2. The SMILES string of the molecule is COc1ccc(C(=O)NCCc2ncc(C)n2Cc2ccc(F)cc2)cc1. The largest absolute Gasteiger partial charge is 0.497 e. The highest BCUT2D eigenvalue weighted by Crippen LogP contribution is 2.12. The molecule has 2 aromatic carbocycles. The fourth-order valence-corrected chi connectivity index (χ4v) is 2.83. The Hall–Kier alpha value is -3.15. The smallest absolute Gasteiger partial charge is 0.251 e. The number of carbonyl (C=O) groups is 1. The molecule has 0 radical (unpaired) electrons. The molecule has 0 aliphatic rings. The third-order valence-corrected chi connectivity index (χ3v) is 4.38. The van der Waals surface area contributed by atoms with Crippen LogP contribution in [0.4, 0.5) is 4.39 Å². The number of hydrogen-bond donors (Lipinski definition) is 1. The lowest BCUT2D eigenvalue weighted by molar-refractivity contribution is 0.0954. The van der Waals surface area contributed by atoms with Gasteiger partial charge in [-0.25, -0.2) is 9.37 Å². The topological polar surface area (TPSA) is 56.1 Å². The minimum atomic E-state index is -0.248. The predicted octanol–water partition coefficient (Wildman–Crippen LogP) is 3.36. The lowest BCUT2D eigenvalue weighted by atomic mass is 10.2. The van der Waals surface area contributed by atoms with Gasteiger partial charge in [-0.15, -0.1) is 0 Å². The van der Waals surface area contributed by atoms with Crippen LogP contribution in [-0.4, -0.2) is 29.1 Å². The van der Waals surface area contributed by atoms with Gasteiger partial charge in [0.15, 0.2) is 0 Å². The molecule has 140 valence electrons. The molecule has 0 bridgehead atoms. The number of imidazole rings is 1. The molecule has 0 aliphatic heterocycles. The van der Waals surface area contributed by atoms with Gasteiger partial charge in [-0.3, -0.25) is 4.79 Å². The third kappa shape index (κ3) is 4.73. The first-order valence-electron chi connectivity index (χ1n) is 8.74. The van der Waals surface area contributed by atoms with Crippen molar-refractivity contribution in [1.82, 2.24) is 14.9 Å². The van der Waals surface area contributed by atoms with Crippen molar-refractivity contribution >= 4 is 5.91 Å². The summed E-state index contributed by atoms with van der Waals surface area (Å²) >= 11 is 0. The van der Waals surface area contributed by atoms with E-state index in [-0.39, 0.29) is 11.7 Å². The molecule has 1 aromatic heterocycles. The van der Waals surface area contributed by atoms with E-state index >= 15 is 0 Å². The maximum Gasteiger partial charge on any atom is 0.251 e. The average Bonchev–Trinajstić information content (AvgIpc) is 3.03. The second kappa shape index (κ2) is 8.49. The molecule has 1 amide bonds.